The van der Waals surface area contributed by atoms with Crippen LogP contribution in [0.2, 0.25) is 0 Å². The zero-order valence-corrected chi connectivity index (χ0v) is 15.8. The lowest BCUT2D eigenvalue weighted by Gasteiger charge is -2.13. The van der Waals surface area contributed by atoms with Gasteiger partial charge in [-0.15, -0.1) is 0 Å². The van der Waals surface area contributed by atoms with Crippen molar-refractivity contribution in [3.05, 3.63) is 40.4 Å². The number of aromatic nitrogens is 2. The van der Waals surface area contributed by atoms with Crippen LogP contribution in [0, 0.1) is 0 Å². The van der Waals surface area contributed by atoms with Crippen molar-refractivity contribution in [3.8, 4) is 0 Å². The second-order valence-electron chi connectivity index (χ2n) is 6.38. The first-order valence-corrected chi connectivity index (χ1v) is 9.56. The van der Waals surface area contributed by atoms with Crippen LogP contribution in [0.25, 0.3) is 10.9 Å². The Kier molecular flexibility index (Phi) is 8.12. The number of carbonyl (C=O) groups excluding carboxylic acids is 1. The fourth-order valence-electron chi connectivity index (χ4n) is 2.76. The highest BCUT2D eigenvalue weighted by Gasteiger charge is 2.10. The van der Waals surface area contributed by atoms with Crippen LogP contribution in [0.3, 0.4) is 0 Å². The Hall–Kier alpha value is -2.37. The number of alkyl carbamates (subject to hydrolysis) is 1. The smallest absolute Gasteiger partial charge is 0.407 e. The number of amides is 1. The number of para-hydroxylation sites is 1. The van der Waals surface area contributed by atoms with Gasteiger partial charge in [0.25, 0.3) is 5.56 Å². The molecule has 0 saturated heterocycles. The molecule has 0 atom stereocenters. The summed E-state index contributed by atoms with van der Waals surface area (Å²) in [5.74, 6) is 0.820. The number of unbranched alkanes of at least 4 members (excludes halogenated alkanes) is 2. The molecule has 0 aliphatic rings. The average Bonchev–Trinajstić information content (AvgIpc) is 2.65. The molecule has 0 fully saturated rings. The van der Waals surface area contributed by atoms with E-state index < -0.39 is 6.09 Å². The monoisotopic (exact) mass is 359 g/mol. The van der Waals surface area contributed by atoms with E-state index in [1.54, 1.807) is 4.57 Å². The van der Waals surface area contributed by atoms with E-state index in [0.717, 1.165) is 43.4 Å². The fraction of sp³-hybridized carbons (Fsp3) is 0.550. The molecule has 0 unspecified atom stereocenters. The number of carbonyl (C=O) groups is 1. The van der Waals surface area contributed by atoms with Gasteiger partial charge >= 0.3 is 6.09 Å². The molecule has 6 nitrogen and oxygen atoms in total. The van der Waals surface area contributed by atoms with E-state index in [1.165, 1.54) is 0 Å². The van der Waals surface area contributed by atoms with Crippen molar-refractivity contribution in [3.63, 3.8) is 0 Å². The van der Waals surface area contributed by atoms with Crippen molar-refractivity contribution >= 4 is 17.0 Å². The summed E-state index contributed by atoms with van der Waals surface area (Å²) in [6.07, 6.45) is 4.94. The molecule has 1 aromatic carbocycles. The minimum Gasteiger partial charge on any atom is -0.450 e. The molecule has 0 bridgehead atoms. The number of aryl methyl sites for hydroxylation is 1. The van der Waals surface area contributed by atoms with Gasteiger partial charge in [-0.2, -0.15) is 0 Å². The van der Waals surface area contributed by atoms with Crippen LogP contribution in [-0.2, 0) is 17.7 Å². The Labute approximate surface area is 154 Å². The van der Waals surface area contributed by atoms with Crippen molar-refractivity contribution in [2.24, 2.45) is 0 Å². The van der Waals surface area contributed by atoms with E-state index in [-0.39, 0.29) is 5.56 Å². The molecule has 2 rings (SSSR count). The van der Waals surface area contributed by atoms with Gasteiger partial charge in [0, 0.05) is 19.5 Å². The summed E-state index contributed by atoms with van der Waals surface area (Å²) in [4.78, 5) is 29.1. The van der Waals surface area contributed by atoms with Gasteiger partial charge in [0.05, 0.1) is 17.5 Å². The number of nitrogens with zero attached hydrogens (tertiary/aromatic N) is 2. The van der Waals surface area contributed by atoms with Crippen LogP contribution < -0.4 is 10.9 Å². The lowest BCUT2D eigenvalue weighted by Crippen LogP contribution is -2.29. The van der Waals surface area contributed by atoms with Gasteiger partial charge in [-0.1, -0.05) is 38.8 Å². The Bertz CT molecular complexity index is 770. The van der Waals surface area contributed by atoms with Crippen molar-refractivity contribution in [2.45, 2.75) is 58.9 Å². The van der Waals surface area contributed by atoms with Crippen molar-refractivity contribution in [1.29, 1.82) is 0 Å². The highest BCUT2D eigenvalue weighted by Crippen LogP contribution is 2.10. The Balaban J connectivity index is 2.01. The Morgan fingerprint density at radius 1 is 1.15 bits per heavy atom. The lowest BCUT2D eigenvalue weighted by molar-refractivity contribution is 0.144. The first kappa shape index (κ1) is 19.9. The fourth-order valence-corrected chi connectivity index (χ4v) is 2.76. The molecule has 26 heavy (non-hydrogen) atoms. The molecule has 1 heterocycles. The maximum atomic E-state index is 12.8. The van der Waals surface area contributed by atoms with Crippen molar-refractivity contribution in [1.82, 2.24) is 14.9 Å². The minimum absolute atomic E-state index is 0.00720. The van der Waals surface area contributed by atoms with E-state index in [2.05, 4.69) is 17.2 Å². The maximum Gasteiger partial charge on any atom is 0.407 e. The first-order valence-electron chi connectivity index (χ1n) is 9.56. The zero-order valence-electron chi connectivity index (χ0n) is 15.8. The number of fused-ring (bicyclic) bond motifs is 1. The predicted molar refractivity (Wildman–Crippen MR) is 103 cm³/mol. The summed E-state index contributed by atoms with van der Waals surface area (Å²) < 4.78 is 6.81. The van der Waals surface area contributed by atoms with Crippen LogP contribution in [0.1, 0.15) is 51.8 Å². The molecular weight excluding hydrogens is 330 g/mol. The Morgan fingerprint density at radius 2 is 1.92 bits per heavy atom. The average molecular weight is 359 g/mol. The number of hydrogen-bond acceptors (Lipinski definition) is 4. The second kappa shape index (κ2) is 10.6. The molecule has 1 aromatic heterocycles. The number of rotatable bonds is 10. The third-order valence-corrected chi connectivity index (χ3v) is 4.25. The predicted octanol–water partition coefficient (Wildman–Crippen LogP) is 3.66. The molecule has 2 aromatic rings. The standard InChI is InChI=1S/C20H29N3O3/c1-3-5-12-18-22-17-11-8-7-10-16(17)19(24)23(18)14-9-13-21-20(25)26-15-6-4-2/h7-8,10-11H,3-6,9,12-15H2,1-2H3,(H,21,25). The van der Waals surface area contributed by atoms with E-state index in [4.69, 9.17) is 4.74 Å². The van der Waals surface area contributed by atoms with Crippen LogP contribution in [-0.4, -0.2) is 28.8 Å². The summed E-state index contributed by atoms with van der Waals surface area (Å²) in [7, 11) is 0. The van der Waals surface area contributed by atoms with E-state index >= 15 is 0 Å². The van der Waals surface area contributed by atoms with Gasteiger partial charge in [0.2, 0.25) is 0 Å². The minimum atomic E-state index is -0.395. The molecular formula is C20H29N3O3. The quantitative estimate of drug-likeness (QED) is 0.657. The Morgan fingerprint density at radius 3 is 2.69 bits per heavy atom. The SMILES string of the molecule is CCCCOC(=O)NCCCn1c(CCCC)nc2ccccc2c1=O. The molecule has 0 aliphatic heterocycles. The molecule has 0 spiro atoms. The van der Waals surface area contributed by atoms with Gasteiger partial charge in [-0.3, -0.25) is 9.36 Å². The molecule has 0 saturated carbocycles. The van der Waals surface area contributed by atoms with Crippen LogP contribution in [0.15, 0.2) is 29.1 Å². The molecule has 1 amide bonds. The molecule has 1 N–H and O–H groups in total. The van der Waals surface area contributed by atoms with Gasteiger partial charge < -0.3 is 10.1 Å². The van der Waals surface area contributed by atoms with Crippen LogP contribution >= 0.6 is 0 Å². The van der Waals surface area contributed by atoms with Crippen molar-refractivity contribution in [2.75, 3.05) is 13.2 Å². The van der Waals surface area contributed by atoms with Crippen LogP contribution in [0.5, 0.6) is 0 Å². The van der Waals surface area contributed by atoms with Crippen LogP contribution in [0.4, 0.5) is 4.79 Å². The van der Waals surface area contributed by atoms with Gasteiger partial charge in [0.1, 0.15) is 5.82 Å². The summed E-state index contributed by atoms with van der Waals surface area (Å²) in [5.41, 5.74) is 0.740. The van der Waals surface area contributed by atoms with E-state index in [9.17, 15) is 9.59 Å². The number of nitrogens with one attached hydrogen (secondary N) is 1. The third kappa shape index (κ3) is 5.58. The first-order chi connectivity index (χ1) is 12.7. The van der Waals surface area contributed by atoms with Gasteiger partial charge in [-0.05, 0) is 31.4 Å². The van der Waals surface area contributed by atoms with Gasteiger partial charge in [-0.25, -0.2) is 9.78 Å². The highest BCUT2D eigenvalue weighted by molar-refractivity contribution is 5.77. The highest BCUT2D eigenvalue weighted by atomic mass is 16.5. The third-order valence-electron chi connectivity index (χ3n) is 4.25. The number of benzene rings is 1. The normalized spacial score (nSPS) is 10.8. The largest absolute Gasteiger partial charge is 0.450 e. The molecule has 0 radical (unpaired) electrons. The second-order valence-corrected chi connectivity index (χ2v) is 6.38. The topological polar surface area (TPSA) is 73.2 Å². The lowest BCUT2D eigenvalue weighted by atomic mass is 10.2. The number of ether oxygens (including phenoxy) is 1. The summed E-state index contributed by atoms with van der Waals surface area (Å²) in [6, 6.07) is 7.45. The summed E-state index contributed by atoms with van der Waals surface area (Å²) in [5, 5.41) is 3.37. The summed E-state index contributed by atoms with van der Waals surface area (Å²) in [6.45, 7) is 5.62. The van der Waals surface area contributed by atoms with E-state index in [1.807, 2.05) is 31.2 Å². The molecule has 6 heteroatoms. The molecule has 142 valence electrons. The van der Waals surface area contributed by atoms with Crippen molar-refractivity contribution < 1.29 is 9.53 Å². The van der Waals surface area contributed by atoms with E-state index in [0.29, 0.717) is 31.5 Å². The number of hydrogen-bond donors (Lipinski definition) is 1. The zero-order chi connectivity index (χ0) is 18.8. The summed E-state index contributed by atoms with van der Waals surface area (Å²) >= 11 is 0. The van der Waals surface area contributed by atoms with Gasteiger partial charge in [0.15, 0.2) is 0 Å². The molecule has 0 aliphatic carbocycles. The maximum absolute atomic E-state index is 12.8.